The molecule has 18 heavy (non-hydrogen) atoms. The molecule has 1 rings (SSSR count). The fourth-order valence-electron chi connectivity index (χ4n) is 2.01. The third-order valence-corrected chi connectivity index (χ3v) is 2.98. The van der Waals surface area contributed by atoms with Gasteiger partial charge in [0.05, 0.1) is 18.8 Å². The van der Waals surface area contributed by atoms with Crippen LogP contribution in [0.1, 0.15) is 26.7 Å². The summed E-state index contributed by atoms with van der Waals surface area (Å²) >= 11 is 0. The summed E-state index contributed by atoms with van der Waals surface area (Å²) in [5, 5.41) is 0. The molecule has 0 spiro atoms. The third kappa shape index (κ3) is 5.30. The van der Waals surface area contributed by atoms with E-state index in [4.69, 9.17) is 15.3 Å². The minimum atomic E-state index is -0.389. The Hall–Kier alpha value is -0.690. The molecule has 3 N–H and O–H groups in total. The summed E-state index contributed by atoms with van der Waals surface area (Å²) in [7, 11) is 2.03. The number of carbonyl (C=O) groups is 1. The minimum Gasteiger partial charge on any atom is -0.377 e. The van der Waals surface area contributed by atoms with E-state index in [1.807, 2.05) is 20.9 Å². The highest BCUT2D eigenvalue weighted by atomic mass is 16.5. The zero-order chi connectivity index (χ0) is 13.5. The Balaban J connectivity index is 2.17. The van der Waals surface area contributed by atoms with Crippen LogP contribution in [0, 0.1) is 0 Å². The Morgan fingerprint density at radius 1 is 1.56 bits per heavy atom. The molecule has 0 bridgehead atoms. The van der Waals surface area contributed by atoms with Crippen LogP contribution in [-0.2, 0) is 14.3 Å². The number of amides is 1. The quantitative estimate of drug-likeness (QED) is 0.379. The number of hydrazine groups is 1. The fourth-order valence-corrected chi connectivity index (χ4v) is 2.01. The van der Waals surface area contributed by atoms with Crippen molar-refractivity contribution < 1.29 is 14.3 Å². The van der Waals surface area contributed by atoms with E-state index in [0.717, 1.165) is 25.9 Å². The first-order valence-corrected chi connectivity index (χ1v) is 6.49. The number of carbonyl (C=O) groups excluding carboxylic acids is 1. The summed E-state index contributed by atoms with van der Waals surface area (Å²) in [5.74, 6) is 4.85. The molecular formula is C12H25N3O3. The SMILES string of the molecule is CC(C)OCCN(C)CC1CCC(C(=O)NN)O1. The molecule has 6 heteroatoms. The number of hydrogen-bond acceptors (Lipinski definition) is 5. The largest absolute Gasteiger partial charge is 0.377 e. The standard InChI is InChI=1S/C12H25N3O3/c1-9(2)17-7-6-15(3)8-10-4-5-11(18-10)12(16)14-13/h9-11H,4-8,13H2,1-3H3,(H,14,16). The van der Waals surface area contributed by atoms with Gasteiger partial charge in [-0.05, 0) is 33.7 Å². The van der Waals surface area contributed by atoms with Gasteiger partial charge in [-0.15, -0.1) is 0 Å². The van der Waals surface area contributed by atoms with E-state index in [9.17, 15) is 4.79 Å². The second-order valence-corrected chi connectivity index (χ2v) is 5.01. The van der Waals surface area contributed by atoms with Crippen molar-refractivity contribution in [1.82, 2.24) is 10.3 Å². The maximum Gasteiger partial charge on any atom is 0.263 e. The summed E-state index contributed by atoms with van der Waals surface area (Å²) in [4.78, 5) is 13.5. The Morgan fingerprint density at radius 3 is 2.89 bits per heavy atom. The second-order valence-electron chi connectivity index (χ2n) is 5.01. The topological polar surface area (TPSA) is 76.8 Å². The van der Waals surface area contributed by atoms with Crippen molar-refractivity contribution in [2.45, 2.75) is 45.0 Å². The first-order chi connectivity index (χ1) is 8.52. The van der Waals surface area contributed by atoms with Gasteiger partial charge in [0.2, 0.25) is 0 Å². The molecule has 2 atom stereocenters. The van der Waals surface area contributed by atoms with Crippen LogP contribution in [-0.4, -0.2) is 55.9 Å². The normalized spacial score (nSPS) is 23.9. The molecule has 1 amide bonds. The highest BCUT2D eigenvalue weighted by Gasteiger charge is 2.30. The molecule has 6 nitrogen and oxygen atoms in total. The predicted octanol–water partition coefficient (Wildman–Crippen LogP) is -0.119. The van der Waals surface area contributed by atoms with E-state index in [1.54, 1.807) is 0 Å². The van der Waals surface area contributed by atoms with Gasteiger partial charge in [-0.2, -0.15) is 0 Å². The van der Waals surface area contributed by atoms with Crippen LogP contribution in [0.25, 0.3) is 0 Å². The van der Waals surface area contributed by atoms with Crippen molar-refractivity contribution in [3.63, 3.8) is 0 Å². The molecular weight excluding hydrogens is 234 g/mol. The number of ether oxygens (including phenoxy) is 2. The molecule has 0 saturated carbocycles. The van der Waals surface area contributed by atoms with E-state index < -0.39 is 0 Å². The smallest absolute Gasteiger partial charge is 0.263 e. The Kier molecular flexibility index (Phi) is 6.56. The van der Waals surface area contributed by atoms with Crippen molar-refractivity contribution >= 4 is 5.91 Å². The summed E-state index contributed by atoms with van der Waals surface area (Å²) < 4.78 is 11.1. The van der Waals surface area contributed by atoms with Gasteiger partial charge in [0.15, 0.2) is 0 Å². The van der Waals surface area contributed by atoms with Gasteiger partial charge in [-0.25, -0.2) is 5.84 Å². The molecule has 1 heterocycles. The lowest BCUT2D eigenvalue weighted by Gasteiger charge is -2.21. The lowest BCUT2D eigenvalue weighted by molar-refractivity contribution is -0.132. The molecule has 0 aromatic heterocycles. The summed E-state index contributed by atoms with van der Waals surface area (Å²) in [5.41, 5.74) is 2.13. The number of likely N-dealkylation sites (N-methyl/N-ethyl adjacent to an activating group) is 1. The fraction of sp³-hybridized carbons (Fsp3) is 0.917. The van der Waals surface area contributed by atoms with Crippen LogP contribution in [0.15, 0.2) is 0 Å². The molecule has 0 aromatic carbocycles. The van der Waals surface area contributed by atoms with Crippen LogP contribution < -0.4 is 11.3 Å². The molecule has 1 fully saturated rings. The van der Waals surface area contributed by atoms with Crippen LogP contribution in [0.4, 0.5) is 0 Å². The Morgan fingerprint density at radius 2 is 2.28 bits per heavy atom. The molecule has 0 aliphatic carbocycles. The molecule has 0 radical (unpaired) electrons. The number of nitrogens with zero attached hydrogens (tertiary/aromatic N) is 1. The Labute approximate surface area is 109 Å². The lowest BCUT2D eigenvalue weighted by Crippen LogP contribution is -2.40. The van der Waals surface area contributed by atoms with Crippen LogP contribution in [0.2, 0.25) is 0 Å². The average Bonchev–Trinajstić information content (AvgIpc) is 2.76. The molecule has 2 unspecified atom stereocenters. The molecule has 1 aliphatic heterocycles. The summed E-state index contributed by atoms with van der Waals surface area (Å²) in [6.45, 7) is 6.45. The molecule has 1 aliphatic rings. The zero-order valence-corrected chi connectivity index (χ0v) is 11.5. The lowest BCUT2D eigenvalue weighted by atomic mass is 10.2. The monoisotopic (exact) mass is 259 g/mol. The van der Waals surface area contributed by atoms with E-state index in [1.165, 1.54) is 0 Å². The van der Waals surface area contributed by atoms with Crippen LogP contribution in [0.5, 0.6) is 0 Å². The summed E-state index contributed by atoms with van der Waals surface area (Å²) in [6, 6.07) is 0. The van der Waals surface area contributed by atoms with Gasteiger partial charge in [-0.3, -0.25) is 10.2 Å². The third-order valence-electron chi connectivity index (χ3n) is 2.98. The zero-order valence-electron chi connectivity index (χ0n) is 11.5. The average molecular weight is 259 g/mol. The van der Waals surface area contributed by atoms with Gasteiger partial charge >= 0.3 is 0 Å². The van der Waals surface area contributed by atoms with Crippen molar-refractivity contribution in [2.24, 2.45) is 5.84 Å². The molecule has 0 aromatic rings. The van der Waals surface area contributed by atoms with Gasteiger partial charge in [0.1, 0.15) is 6.10 Å². The number of rotatable bonds is 7. The second kappa shape index (κ2) is 7.68. The first kappa shape index (κ1) is 15.4. The number of hydrogen-bond donors (Lipinski definition) is 2. The van der Waals surface area contributed by atoms with E-state index in [-0.39, 0.29) is 24.2 Å². The Bertz CT molecular complexity index is 261. The number of nitrogens with two attached hydrogens (primary N) is 1. The highest BCUT2D eigenvalue weighted by molar-refractivity contribution is 5.80. The maximum absolute atomic E-state index is 11.3. The van der Waals surface area contributed by atoms with Crippen molar-refractivity contribution in [2.75, 3.05) is 26.7 Å². The van der Waals surface area contributed by atoms with E-state index in [0.29, 0.717) is 6.61 Å². The predicted molar refractivity (Wildman–Crippen MR) is 68.8 cm³/mol. The summed E-state index contributed by atoms with van der Waals surface area (Å²) in [6.07, 6.45) is 1.62. The maximum atomic E-state index is 11.3. The molecule has 106 valence electrons. The molecule has 1 saturated heterocycles. The number of nitrogens with one attached hydrogen (secondary N) is 1. The van der Waals surface area contributed by atoms with E-state index >= 15 is 0 Å². The van der Waals surface area contributed by atoms with Crippen molar-refractivity contribution in [3.05, 3.63) is 0 Å². The van der Waals surface area contributed by atoms with Crippen LogP contribution in [0.3, 0.4) is 0 Å². The highest BCUT2D eigenvalue weighted by Crippen LogP contribution is 2.20. The van der Waals surface area contributed by atoms with Crippen molar-refractivity contribution in [1.29, 1.82) is 0 Å². The first-order valence-electron chi connectivity index (χ1n) is 6.49. The van der Waals surface area contributed by atoms with Crippen molar-refractivity contribution in [3.8, 4) is 0 Å². The van der Waals surface area contributed by atoms with Gasteiger partial charge in [0.25, 0.3) is 5.91 Å². The van der Waals surface area contributed by atoms with Gasteiger partial charge < -0.3 is 14.4 Å². The van der Waals surface area contributed by atoms with Gasteiger partial charge in [-0.1, -0.05) is 0 Å². The minimum absolute atomic E-state index is 0.108. The van der Waals surface area contributed by atoms with E-state index in [2.05, 4.69) is 10.3 Å². The van der Waals surface area contributed by atoms with Crippen LogP contribution >= 0.6 is 0 Å². The van der Waals surface area contributed by atoms with Gasteiger partial charge in [0, 0.05) is 13.1 Å².